The summed E-state index contributed by atoms with van der Waals surface area (Å²) >= 11 is 5.93. The molecule has 1 N–H and O–H groups in total. The number of imide groups is 1. The second kappa shape index (κ2) is 7.72. The number of fused-ring (bicyclic) bond motifs is 1. The summed E-state index contributed by atoms with van der Waals surface area (Å²) in [5, 5.41) is 3.35. The second-order valence-electron chi connectivity index (χ2n) is 9.25. The maximum Gasteiger partial charge on any atom is 0.329 e. The van der Waals surface area contributed by atoms with Gasteiger partial charge in [-0.05, 0) is 85.7 Å². The van der Waals surface area contributed by atoms with Crippen molar-refractivity contribution in [1.82, 2.24) is 10.2 Å². The minimum Gasteiger partial charge on any atom is -0.369 e. The molecule has 31 heavy (non-hydrogen) atoms. The normalized spacial score (nSPS) is 21.5. The van der Waals surface area contributed by atoms with Crippen LogP contribution in [0, 0.1) is 6.92 Å². The monoisotopic (exact) mass is 437 g/mol. The number of benzene rings is 2. The van der Waals surface area contributed by atoms with Crippen LogP contribution in [0.4, 0.5) is 10.5 Å². The zero-order chi connectivity index (χ0) is 22.5. The van der Waals surface area contributed by atoms with Crippen LogP contribution >= 0.6 is 11.6 Å². The zero-order valence-electron chi connectivity index (χ0n) is 18.6. The van der Waals surface area contributed by atoms with E-state index in [-0.39, 0.29) is 18.0 Å². The highest BCUT2D eigenvalue weighted by molar-refractivity contribution is 6.30. The van der Waals surface area contributed by atoms with Gasteiger partial charge in [0.05, 0.1) is 6.54 Å². The number of nitrogens with zero attached hydrogens (tertiary/aromatic N) is 2. The van der Waals surface area contributed by atoms with Crippen LogP contribution in [0.3, 0.4) is 0 Å². The number of rotatable bonds is 3. The molecule has 0 bridgehead atoms. The van der Waals surface area contributed by atoms with E-state index in [9.17, 15) is 9.59 Å². The molecule has 2 aliphatic heterocycles. The van der Waals surface area contributed by atoms with Gasteiger partial charge in [-0.1, -0.05) is 30.7 Å². The van der Waals surface area contributed by atoms with Crippen molar-refractivity contribution in [1.29, 1.82) is 0 Å². The van der Waals surface area contributed by atoms with E-state index < -0.39 is 6.03 Å². The van der Waals surface area contributed by atoms with Crippen molar-refractivity contribution in [2.24, 2.45) is 0 Å². The molecular formula is C25H28ClN3O2. The lowest BCUT2D eigenvalue weighted by atomic mass is 9.79. The Morgan fingerprint density at radius 1 is 1.19 bits per heavy atom. The lowest BCUT2D eigenvalue weighted by molar-refractivity contribution is -0.123. The van der Waals surface area contributed by atoms with E-state index in [1.54, 1.807) is 18.2 Å². The molecule has 0 radical (unpaired) electrons. The average Bonchev–Trinajstić information content (AvgIpc) is 2.96. The fraction of sp³-hybridized carbons (Fsp3) is 0.360. The van der Waals surface area contributed by atoms with Crippen molar-refractivity contribution in [2.75, 3.05) is 11.9 Å². The summed E-state index contributed by atoms with van der Waals surface area (Å²) in [6.07, 6.45) is 2.85. The van der Waals surface area contributed by atoms with Gasteiger partial charge < -0.3 is 10.2 Å². The van der Waals surface area contributed by atoms with Crippen molar-refractivity contribution in [3.05, 3.63) is 69.4 Å². The van der Waals surface area contributed by atoms with Crippen molar-refractivity contribution in [3.63, 3.8) is 0 Å². The fourth-order valence-corrected chi connectivity index (χ4v) is 4.66. The molecule has 0 aromatic heterocycles. The third-order valence-corrected chi connectivity index (χ3v) is 6.79. The fourth-order valence-electron chi connectivity index (χ4n) is 4.53. The maximum absolute atomic E-state index is 12.9. The highest BCUT2D eigenvalue weighted by Gasteiger charge is 2.36. The maximum atomic E-state index is 12.9. The Labute approximate surface area is 188 Å². The predicted molar refractivity (Wildman–Crippen MR) is 125 cm³/mol. The largest absolute Gasteiger partial charge is 0.369 e. The topological polar surface area (TPSA) is 52.7 Å². The Bertz CT molecular complexity index is 1090. The molecule has 0 aliphatic carbocycles. The Morgan fingerprint density at radius 3 is 2.55 bits per heavy atom. The Morgan fingerprint density at radius 2 is 1.87 bits per heavy atom. The van der Waals surface area contributed by atoms with Crippen LogP contribution in [0.25, 0.3) is 6.08 Å². The molecule has 3 amide bonds. The van der Waals surface area contributed by atoms with E-state index in [1.165, 1.54) is 16.2 Å². The highest BCUT2D eigenvalue weighted by Crippen LogP contribution is 2.43. The van der Waals surface area contributed by atoms with Crippen LogP contribution in [0.5, 0.6) is 0 Å². The first kappa shape index (κ1) is 21.4. The Hall–Kier alpha value is -2.79. The summed E-state index contributed by atoms with van der Waals surface area (Å²) in [6, 6.07) is 11.1. The number of urea groups is 1. The Kier molecular flexibility index (Phi) is 5.34. The molecule has 1 unspecified atom stereocenters. The standard InChI is InChI=1S/C25H28ClN3O2/c1-15-10-22-20(16(2)13-25(3,4)28(22)5)11-18(15)12-21-23(30)29(24(31)27-21)14-17-6-8-19(26)9-7-17/h6-12,16H,13-14H2,1-5H3,(H,27,31)/b21-12-. The number of aryl methyl sites for hydroxylation is 1. The van der Waals surface area contributed by atoms with Crippen molar-refractivity contribution in [3.8, 4) is 0 Å². The second-order valence-corrected chi connectivity index (χ2v) is 9.69. The number of halogens is 1. The van der Waals surface area contributed by atoms with E-state index in [4.69, 9.17) is 11.6 Å². The first-order chi connectivity index (χ1) is 14.6. The van der Waals surface area contributed by atoms with Crippen LogP contribution in [0.15, 0.2) is 42.1 Å². The molecule has 1 atom stereocenters. The van der Waals surface area contributed by atoms with E-state index in [1.807, 2.05) is 19.1 Å². The molecule has 6 heteroatoms. The first-order valence-corrected chi connectivity index (χ1v) is 10.9. The van der Waals surface area contributed by atoms with Crippen molar-refractivity contribution in [2.45, 2.75) is 52.1 Å². The van der Waals surface area contributed by atoms with Gasteiger partial charge in [-0.25, -0.2) is 4.79 Å². The molecule has 2 aromatic rings. The molecule has 1 fully saturated rings. The number of anilines is 1. The number of hydrogen-bond donors (Lipinski definition) is 1. The highest BCUT2D eigenvalue weighted by atomic mass is 35.5. The third kappa shape index (κ3) is 3.94. The van der Waals surface area contributed by atoms with E-state index in [0.29, 0.717) is 16.6 Å². The number of amides is 3. The summed E-state index contributed by atoms with van der Waals surface area (Å²) in [5.74, 6) is 0.0950. The molecule has 1 saturated heterocycles. The molecule has 0 spiro atoms. The summed E-state index contributed by atoms with van der Waals surface area (Å²) in [6.45, 7) is 9.02. The zero-order valence-corrected chi connectivity index (χ0v) is 19.4. The van der Waals surface area contributed by atoms with E-state index in [2.05, 4.69) is 50.2 Å². The van der Waals surface area contributed by atoms with E-state index >= 15 is 0 Å². The van der Waals surface area contributed by atoms with Gasteiger partial charge in [-0.2, -0.15) is 0 Å². The van der Waals surface area contributed by atoms with Gasteiger partial charge in [0.25, 0.3) is 5.91 Å². The summed E-state index contributed by atoms with van der Waals surface area (Å²) in [7, 11) is 2.14. The number of carbonyl (C=O) groups excluding carboxylic acids is 2. The minimum absolute atomic E-state index is 0.0936. The van der Waals surface area contributed by atoms with Gasteiger partial charge in [0.1, 0.15) is 5.70 Å². The molecule has 2 aliphatic rings. The molecule has 2 aromatic carbocycles. The lowest BCUT2D eigenvalue weighted by Gasteiger charge is -2.45. The first-order valence-electron chi connectivity index (χ1n) is 10.5. The molecular weight excluding hydrogens is 410 g/mol. The van der Waals surface area contributed by atoms with Gasteiger partial charge in [-0.3, -0.25) is 9.69 Å². The van der Waals surface area contributed by atoms with Crippen molar-refractivity contribution >= 4 is 35.3 Å². The van der Waals surface area contributed by atoms with Gasteiger partial charge in [0, 0.05) is 23.3 Å². The number of hydrogen-bond acceptors (Lipinski definition) is 3. The van der Waals surface area contributed by atoms with Crippen LogP contribution in [-0.2, 0) is 11.3 Å². The minimum atomic E-state index is -0.406. The Balaban J connectivity index is 1.63. The van der Waals surface area contributed by atoms with Gasteiger partial charge in [0.15, 0.2) is 0 Å². The molecule has 162 valence electrons. The van der Waals surface area contributed by atoms with Gasteiger partial charge in [-0.15, -0.1) is 0 Å². The predicted octanol–water partition coefficient (Wildman–Crippen LogP) is 5.46. The number of nitrogens with one attached hydrogen (secondary N) is 1. The average molecular weight is 438 g/mol. The molecule has 0 saturated carbocycles. The molecule has 2 heterocycles. The SMILES string of the molecule is Cc1cc2c(cc1/C=C1\NC(=O)N(Cc3ccc(Cl)cc3)C1=O)C(C)CC(C)(C)N2C. The van der Waals surface area contributed by atoms with Gasteiger partial charge >= 0.3 is 6.03 Å². The van der Waals surface area contributed by atoms with Gasteiger partial charge in [0.2, 0.25) is 0 Å². The van der Waals surface area contributed by atoms with Crippen LogP contribution in [-0.4, -0.2) is 29.4 Å². The third-order valence-electron chi connectivity index (χ3n) is 6.54. The van der Waals surface area contributed by atoms with Crippen molar-refractivity contribution < 1.29 is 9.59 Å². The summed E-state index contributed by atoms with van der Waals surface area (Å²) in [5.41, 5.74) is 5.77. The van der Waals surface area contributed by atoms with E-state index in [0.717, 1.165) is 23.1 Å². The number of carbonyl (C=O) groups is 2. The summed E-state index contributed by atoms with van der Waals surface area (Å²) in [4.78, 5) is 29.0. The molecule has 5 nitrogen and oxygen atoms in total. The quantitative estimate of drug-likeness (QED) is 0.512. The smallest absolute Gasteiger partial charge is 0.329 e. The van der Waals surface area contributed by atoms with Crippen LogP contribution in [0.1, 0.15) is 55.4 Å². The lowest BCUT2D eigenvalue weighted by Crippen LogP contribution is -2.45. The van der Waals surface area contributed by atoms with Crippen LogP contribution < -0.4 is 10.2 Å². The molecule has 4 rings (SSSR count). The summed E-state index contributed by atoms with van der Waals surface area (Å²) < 4.78 is 0. The van der Waals surface area contributed by atoms with Crippen LogP contribution in [0.2, 0.25) is 5.02 Å².